The van der Waals surface area contributed by atoms with Gasteiger partial charge in [-0.2, -0.15) is 0 Å². The molecule has 0 aliphatic heterocycles. The molecule has 0 saturated carbocycles. The average molecular weight is 599 g/mol. The van der Waals surface area contributed by atoms with E-state index in [1.807, 2.05) is 47.2 Å². The molecule has 0 aliphatic rings. The van der Waals surface area contributed by atoms with Crippen molar-refractivity contribution in [2.75, 3.05) is 0 Å². The van der Waals surface area contributed by atoms with Crippen LogP contribution in [0.2, 0.25) is 0 Å². The number of nitrogens with zero attached hydrogens (tertiary/aromatic N) is 4. The van der Waals surface area contributed by atoms with Crippen molar-refractivity contribution in [3.05, 3.63) is 134 Å². The summed E-state index contributed by atoms with van der Waals surface area (Å²) in [5.41, 5.74) is 9.21. The van der Waals surface area contributed by atoms with Crippen molar-refractivity contribution >= 4 is 85.3 Å². The Bertz CT molecular complexity index is 2550. The molecule has 0 bridgehead atoms. The lowest BCUT2D eigenvalue weighted by Gasteiger charge is -2.12. The maximum atomic E-state index is 4.77. The van der Waals surface area contributed by atoms with E-state index in [1.54, 1.807) is 0 Å². The molecule has 206 valence electrons. The molecule has 44 heavy (non-hydrogen) atoms. The Kier molecular flexibility index (Phi) is 5.00. The summed E-state index contributed by atoms with van der Waals surface area (Å²) in [5.74, 6) is 0. The Morgan fingerprint density at radius 3 is 1.43 bits per heavy atom. The zero-order valence-electron chi connectivity index (χ0n) is 23.3. The molecule has 0 fully saturated rings. The second-order valence-corrected chi connectivity index (χ2v) is 13.1. The second-order valence-electron chi connectivity index (χ2n) is 11.1. The summed E-state index contributed by atoms with van der Waals surface area (Å²) in [6, 6.07) is 43.6. The number of hydrogen-bond acceptors (Lipinski definition) is 4. The normalized spacial score (nSPS) is 12.1. The van der Waals surface area contributed by atoms with Crippen LogP contribution in [0.5, 0.6) is 0 Å². The Balaban J connectivity index is 1.18. The first kappa shape index (κ1) is 24.2. The minimum atomic E-state index is 1.08. The van der Waals surface area contributed by atoms with E-state index in [0.29, 0.717) is 0 Å². The van der Waals surface area contributed by atoms with Gasteiger partial charge in [0.05, 0.1) is 31.5 Å². The van der Waals surface area contributed by atoms with Gasteiger partial charge >= 0.3 is 0 Å². The van der Waals surface area contributed by atoms with E-state index in [0.717, 1.165) is 22.4 Å². The van der Waals surface area contributed by atoms with Crippen LogP contribution >= 0.6 is 22.7 Å². The SMILES string of the molecule is c1cc(-c2cccc(-n3c4ccccc4c4c5ncccc5sc43)c2)cc(-n2c3ccccc3c3c4ncccc4sc32)c1. The van der Waals surface area contributed by atoms with E-state index in [9.17, 15) is 0 Å². The first-order valence-electron chi connectivity index (χ1n) is 14.6. The first-order valence-corrected chi connectivity index (χ1v) is 16.2. The van der Waals surface area contributed by atoms with Gasteiger partial charge in [0, 0.05) is 45.3 Å². The molecular weight excluding hydrogens is 577 g/mol. The third kappa shape index (κ3) is 3.32. The number of pyridine rings is 2. The van der Waals surface area contributed by atoms with E-state index < -0.39 is 0 Å². The molecule has 0 unspecified atom stereocenters. The van der Waals surface area contributed by atoms with Gasteiger partial charge in [-0.1, -0.05) is 60.7 Å². The monoisotopic (exact) mass is 598 g/mol. The maximum Gasteiger partial charge on any atom is 0.111 e. The molecule has 0 saturated heterocycles. The lowest BCUT2D eigenvalue weighted by atomic mass is 10.0. The Morgan fingerprint density at radius 2 is 0.932 bits per heavy atom. The predicted octanol–water partition coefficient (Wildman–Crippen LogP) is 10.8. The smallest absolute Gasteiger partial charge is 0.111 e. The summed E-state index contributed by atoms with van der Waals surface area (Å²) in [5, 5.41) is 4.94. The summed E-state index contributed by atoms with van der Waals surface area (Å²) >= 11 is 3.62. The molecular formula is C38H22N4S2. The van der Waals surface area contributed by atoms with Crippen molar-refractivity contribution in [3.8, 4) is 22.5 Å². The van der Waals surface area contributed by atoms with Gasteiger partial charge in [0.1, 0.15) is 9.66 Å². The number of thiophene rings is 2. The van der Waals surface area contributed by atoms with Crippen LogP contribution in [0, 0.1) is 0 Å². The predicted molar refractivity (Wildman–Crippen MR) is 187 cm³/mol. The highest BCUT2D eigenvalue weighted by atomic mass is 32.1. The summed E-state index contributed by atoms with van der Waals surface area (Å²) in [7, 11) is 0. The first-order chi connectivity index (χ1) is 21.8. The molecule has 4 nitrogen and oxygen atoms in total. The zero-order valence-corrected chi connectivity index (χ0v) is 24.9. The Hall–Kier alpha value is -5.30. The summed E-state index contributed by atoms with van der Waals surface area (Å²) in [4.78, 5) is 12.0. The maximum absolute atomic E-state index is 4.77. The highest BCUT2D eigenvalue weighted by Crippen LogP contribution is 2.43. The van der Waals surface area contributed by atoms with Crippen LogP contribution in [0.1, 0.15) is 0 Å². The molecule has 0 aliphatic carbocycles. The standard InChI is InChI=1S/C38H22N4S2/c1-3-15-29-27(13-1)33-35-31(17-7-19-39-35)43-37(33)41(29)25-11-5-9-23(21-25)24-10-6-12-26(22-24)42-30-16-4-2-14-28(30)34-36-32(44-38(34)42)18-8-20-40-36/h1-22H. The highest BCUT2D eigenvalue weighted by Gasteiger charge is 2.20. The van der Waals surface area contributed by atoms with E-state index >= 15 is 0 Å². The number of aromatic nitrogens is 4. The molecule has 10 rings (SSSR count). The van der Waals surface area contributed by atoms with Gasteiger partial charge in [-0.3, -0.25) is 9.97 Å². The van der Waals surface area contributed by atoms with E-state index in [2.05, 4.69) is 118 Å². The lowest BCUT2D eigenvalue weighted by Crippen LogP contribution is -1.95. The zero-order chi connectivity index (χ0) is 28.8. The third-order valence-corrected chi connectivity index (χ3v) is 10.9. The Labute approximate surface area is 259 Å². The van der Waals surface area contributed by atoms with Crippen molar-refractivity contribution in [2.45, 2.75) is 0 Å². The molecule has 6 heteroatoms. The molecule has 4 aromatic carbocycles. The fourth-order valence-electron chi connectivity index (χ4n) is 6.78. The van der Waals surface area contributed by atoms with Crippen LogP contribution in [-0.4, -0.2) is 19.1 Å². The van der Waals surface area contributed by atoms with Crippen molar-refractivity contribution in [1.29, 1.82) is 0 Å². The van der Waals surface area contributed by atoms with Gasteiger partial charge in [-0.05, 0) is 71.8 Å². The van der Waals surface area contributed by atoms with Gasteiger partial charge in [0.15, 0.2) is 0 Å². The summed E-state index contributed by atoms with van der Waals surface area (Å²) < 4.78 is 7.22. The quantitative estimate of drug-likeness (QED) is 0.203. The van der Waals surface area contributed by atoms with E-state index in [4.69, 9.17) is 9.97 Å². The third-order valence-electron chi connectivity index (χ3n) is 8.63. The van der Waals surface area contributed by atoms with Crippen LogP contribution in [0.15, 0.2) is 134 Å². The number of hydrogen-bond donors (Lipinski definition) is 0. The number of fused-ring (bicyclic) bond motifs is 10. The minimum absolute atomic E-state index is 1.08. The second kappa shape index (κ2) is 9.10. The van der Waals surface area contributed by atoms with Crippen molar-refractivity contribution < 1.29 is 0 Å². The van der Waals surface area contributed by atoms with Crippen molar-refractivity contribution in [1.82, 2.24) is 19.1 Å². The van der Waals surface area contributed by atoms with Crippen LogP contribution in [0.4, 0.5) is 0 Å². The lowest BCUT2D eigenvalue weighted by molar-refractivity contribution is 1.19. The fourth-order valence-corrected chi connectivity index (χ4v) is 9.20. The topological polar surface area (TPSA) is 35.6 Å². The average Bonchev–Trinajstić information content (AvgIpc) is 3.81. The molecule has 0 N–H and O–H groups in total. The fraction of sp³-hybridized carbons (Fsp3) is 0. The van der Waals surface area contributed by atoms with Gasteiger partial charge < -0.3 is 9.13 Å². The molecule has 0 amide bonds. The summed E-state index contributed by atoms with van der Waals surface area (Å²) in [6.45, 7) is 0. The van der Waals surface area contributed by atoms with E-state index in [1.165, 1.54) is 62.8 Å². The van der Waals surface area contributed by atoms with Crippen LogP contribution < -0.4 is 0 Å². The molecule has 10 aromatic rings. The van der Waals surface area contributed by atoms with Gasteiger partial charge in [0.2, 0.25) is 0 Å². The molecule has 0 radical (unpaired) electrons. The number of benzene rings is 4. The molecule has 0 atom stereocenters. The van der Waals surface area contributed by atoms with Gasteiger partial charge in [0.25, 0.3) is 0 Å². The minimum Gasteiger partial charge on any atom is -0.301 e. The van der Waals surface area contributed by atoms with Crippen molar-refractivity contribution in [3.63, 3.8) is 0 Å². The Morgan fingerprint density at radius 1 is 0.455 bits per heavy atom. The largest absolute Gasteiger partial charge is 0.301 e. The number of rotatable bonds is 3. The van der Waals surface area contributed by atoms with Crippen LogP contribution in [-0.2, 0) is 0 Å². The van der Waals surface area contributed by atoms with Gasteiger partial charge in [-0.25, -0.2) is 0 Å². The van der Waals surface area contributed by atoms with Crippen molar-refractivity contribution in [2.24, 2.45) is 0 Å². The van der Waals surface area contributed by atoms with E-state index in [-0.39, 0.29) is 0 Å². The molecule has 6 heterocycles. The highest BCUT2D eigenvalue weighted by molar-refractivity contribution is 7.26. The summed E-state index contributed by atoms with van der Waals surface area (Å²) in [6.07, 6.45) is 3.79. The molecule has 6 aromatic heterocycles. The van der Waals surface area contributed by atoms with Gasteiger partial charge in [-0.15, -0.1) is 22.7 Å². The van der Waals surface area contributed by atoms with Crippen LogP contribution in [0.25, 0.3) is 85.2 Å². The van der Waals surface area contributed by atoms with Crippen LogP contribution in [0.3, 0.4) is 0 Å². The molecule has 0 spiro atoms. The number of para-hydroxylation sites is 2.